The maximum Gasteiger partial charge on any atom is 0.264 e. The Balaban J connectivity index is 1.82. The number of carbonyl (C=O) groups excluding carboxylic acids is 1. The lowest BCUT2D eigenvalue weighted by Gasteiger charge is -2.20. The summed E-state index contributed by atoms with van der Waals surface area (Å²) in [5.74, 6) is 0.971. The molecule has 3 rings (SSSR count). The molecule has 174 valence electrons. The Morgan fingerprint density at radius 2 is 1.73 bits per heavy atom. The molecule has 1 amide bonds. The normalized spacial score (nSPS) is 11.0. The van der Waals surface area contributed by atoms with Gasteiger partial charge in [-0.05, 0) is 61.9 Å². The first kappa shape index (κ1) is 24.1. The molecule has 0 saturated carbocycles. The molecule has 3 aromatic rings. The minimum atomic E-state index is -3.88. The van der Waals surface area contributed by atoms with E-state index in [-0.39, 0.29) is 17.3 Å². The van der Waals surface area contributed by atoms with Crippen LogP contribution in [0.25, 0.3) is 0 Å². The van der Waals surface area contributed by atoms with E-state index in [1.807, 2.05) is 31.2 Å². The third-order valence-corrected chi connectivity index (χ3v) is 7.04. The number of hydrogen-bond donors (Lipinski definition) is 1. The average molecular weight is 469 g/mol. The van der Waals surface area contributed by atoms with E-state index in [1.54, 1.807) is 44.4 Å². The van der Waals surface area contributed by atoms with Gasteiger partial charge < -0.3 is 14.8 Å². The van der Waals surface area contributed by atoms with E-state index in [4.69, 9.17) is 9.47 Å². The van der Waals surface area contributed by atoms with E-state index in [1.165, 1.54) is 23.5 Å². The Morgan fingerprint density at radius 1 is 1.03 bits per heavy atom. The Morgan fingerprint density at radius 3 is 2.39 bits per heavy atom. The van der Waals surface area contributed by atoms with Gasteiger partial charge in [-0.1, -0.05) is 24.3 Å². The number of para-hydroxylation sites is 1. The van der Waals surface area contributed by atoms with Crippen LogP contribution in [0.2, 0.25) is 0 Å². The van der Waals surface area contributed by atoms with E-state index in [0.717, 1.165) is 5.56 Å². The number of aryl methyl sites for hydroxylation is 1. The molecule has 1 N–H and O–H groups in total. The number of anilines is 1. The van der Waals surface area contributed by atoms with Gasteiger partial charge in [0.05, 0.1) is 24.3 Å². The molecule has 0 saturated heterocycles. The predicted molar refractivity (Wildman–Crippen MR) is 129 cm³/mol. The SMILES string of the molecule is CCOc1ccc(N(C)S(=O)(=O)c2ccc(C)c(C(=O)NCc3ccccc3OC)c2)cc1. The van der Waals surface area contributed by atoms with E-state index in [2.05, 4.69) is 5.32 Å². The fourth-order valence-electron chi connectivity index (χ4n) is 3.34. The lowest BCUT2D eigenvalue weighted by molar-refractivity contribution is 0.0950. The summed E-state index contributed by atoms with van der Waals surface area (Å²) in [5, 5.41) is 2.85. The predicted octanol–water partition coefficient (Wildman–Crippen LogP) is 4.16. The van der Waals surface area contributed by atoms with E-state index < -0.39 is 10.0 Å². The van der Waals surface area contributed by atoms with Crippen LogP contribution in [0.3, 0.4) is 0 Å². The number of hydrogen-bond acceptors (Lipinski definition) is 5. The van der Waals surface area contributed by atoms with Gasteiger partial charge in [-0.2, -0.15) is 0 Å². The molecule has 0 heterocycles. The summed E-state index contributed by atoms with van der Waals surface area (Å²) >= 11 is 0. The van der Waals surface area contributed by atoms with Crippen LogP contribution in [0.5, 0.6) is 11.5 Å². The zero-order chi connectivity index (χ0) is 24.0. The first-order valence-corrected chi connectivity index (χ1v) is 11.9. The van der Waals surface area contributed by atoms with Gasteiger partial charge in [0, 0.05) is 24.7 Å². The van der Waals surface area contributed by atoms with E-state index >= 15 is 0 Å². The molecule has 0 radical (unpaired) electrons. The summed E-state index contributed by atoms with van der Waals surface area (Å²) < 4.78 is 38.4. The Labute approximate surface area is 195 Å². The van der Waals surface area contributed by atoms with Crippen molar-refractivity contribution in [2.24, 2.45) is 0 Å². The molecule has 8 heteroatoms. The molecular weight excluding hydrogens is 440 g/mol. The highest BCUT2D eigenvalue weighted by Gasteiger charge is 2.23. The number of amides is 1. The summed E-state index contributed by atoms with van der Waals surface area (Å²) in [6.45, 7) is 4.43. The maximum absolute atomic E-state index is 13.2. The highest BCUT2D eigenvalue weighted by atomic mass is 32.2. The van der Waals surface area contributed by atoms with Crippen LogP contribution in [0, 0.1) is 6.92 Å². The molecule has 0 aliphatic rings. The quantitative estimate of drug-likeness (QED) is 0.510. The smallest absolute Gasteiger partial charge is 0.264 e. The second-order valence-corrected chi connectivity index (χ2v) is 9.34. The second kappa shape index (κ2) is 10.4. The van der Waals surface area contributed by atoms with Crippen molar-refractivity contribution in [3.05, 3.63) is 83.4 Å². The van der Waals surface area contributed by atoms with Crippen LogP contribution in [0.1, 0.15) is 28.4 Å². The standard InChI is InChI=1S/C25H28N2O5S/c1-5-32-21-13-11-20(12-14-21)27(3)33(29,30)22-15-10-18(2)23(16-22)25(28)26-17-19-8-6-7-9-24(19)31-4/h6-16H,5,17H2,1-4H3,(H,26,28). The van der Waals surface area contributed by atoms with Crippen molar-refractivity contribution < 1.29 is 22.7 Å². The Kier molecular flexibility index (Phi) is 7.60. The molecular formula is C25H28N2O5S. The molecule has 33 heavy (non-hydrogen) atoms. The van der Waals surface area contributed by atoms with Crippen LogP contribution in [-0.4, -0.2) is 35.1 Å². The van der Waals surface area contributed by atoms with Crippen molar-refractivity contribution in [1.29, 1.82) is 0 Å². The van der Waals surface area contributed by atoms with Gasteiger partial charge in [-0.3, -0.25) is 9.10 Å². The molecule has 0 aromatic heterocycles. The third-order valence-electron chi connectivity index (χ3n) is 5.26. The summed E-state index contributed by atoms with van der Waals surface area (Å²) in [6.07, 6.45) is 0. The average Bonchev–Trinajstić information content (AvgIpc) is 2.83. The largest absolute Gasteiger partial charge is 0.496 e. The minimum absolute atomic E-state index is 0.0342. The first-order chi connectivity index (χ1) is 15.8. The zero-order valence-electron chi connectivity index (χ0n) is 19.2. The van der Waals surface area contributed by atoms with Crippen LogP contribution >= 0.6 is 0 Å². The lowest BCUT2D eigenvalue weighted by atomic mass is 10.1. The van der Waals surface area contributed by atoms with Crippen molar-refractivity contribution in [3.63, 3.8) is 0 Å². The number of nitrogens with one attached hydrogen (secondary N) is 1. The van der Waals surface area contributed by atoms with Crippen molar-refractivity contribution in [1.82, 2.24) is 5.32 Å². The molecule has 0 aliphatic carbocycles. The second-order valence-electron chi connectivity index (χ2n) is 7.37. The van der Waals surface area contributed by atoms with Gasteiger partial charge in [0.2, 0.25) is 0 Å². The number of nitrogens with zero attached hydrogens (tertiary/aromatic N) is 1. The van der Waals surface area contributed by atoms with Gasteiger partial charge in [0.1, 0.15) is 11.5 Å². The monoisotopic (exact) mass is 468 g/mol. The number of ether oxygens (including phenoxy) is 2. The van der Waals surface area contributed by atoms with Gasteiger partial charge >= 0.3 is 0 Å². The van der Waals surface area contributed by atoms with Crippen molar-refractivity contribution in [2.75, 3.05) is 25.1 Å². The molecule has 7 nitrogen and oxygen atoms in total. The minimum Gasteiger partial charge on any atom is -0.496 e. The van der Waals surface area contributed by atoms with Crippen LogP contribution in [-0.2, 0) is 16.6 Å². The fraction of sp³-hybridized carbons (Fsp3) is 0.240. The molecule has 0 bridgehead atoms. The Hall–Kier alpha value is -3.52. The van der Waals surface area contributed by atoms with E-state index in [9.17, 15) is 13.2 Å². The summed E-state index contributed by atoms with van der Waals surface area (Å²) in [7, 11) is -0.827. The summed E-state index contributed by atoms with van der Waals surface area (Å²) in [6, 6.07) is 18.7. The molecule has 0 atom stereocenters. The molecule has 0 unspecified atom stereocenters. The number of rotatable bonds is 9. The van der Waals surface area contributed by atoms with Crippen LogP contribution in [0.15, 0.2) is 71.6 Å². The number of sulfonamides is 1. The van der Waals surface area contributed by atoms with Gasteiger partial charge in [0.25, 0.3) is 15.9 Å². The maximum atomic E-state index is 13.2. The van der Waals surface area contributed by atoms with Gasteiger partial charge in [0.15, 0.2) is 0 Å². The fourth-order valence-corrected chi connectivity index (χ4v) is 4.56. The number of benzene rings is 3. The van der Waals surface area contributed by atoms with Crippen LogP contribution < -0.4 is 19.1 Å². The van der Waals surface area contributed by atoms with Crippen molar-refractivity contribution in [2.45, 2.75) is 25.3 Å². The molecule has 3 aromatic carbocycles. The lowest BCUT2D eigenvalue weighted by Crippen LogP contribution is -2.28. The topological polar surface area (TPSA) is 84.9 Å². The first-order valence-electron chi connectivity index (χ1n) is 10.5. The van der Waals surface area contributed by atoms with Gasteiger partial charge in [-0.25, -0.2) is 8.42 Å². The molecule has 0 aliphatic heterocycles. The third kappa shape index (κ3) is 5.46. The molecule has 0 spiro atoms. The molecule has 0 fully saturated rings. The number of methoxy groups -OCH3 is 1. The van der Waals surface area contributed by atoms with Crippen LogP contribution in [0.4, 0.5) is 5.69 Å². The Bertz CT molecular complexity index is 1220. The van der Waals surface area contributed by atoms with Crippen molar-refractivity contribution >= 4 is 21.6 Å². The highest BCUT2D eigenvalue weighted by Crippen LogP contribution is 2.26. The van der Waals surface area contributed by atoms with Crippen molar-refractivity contribution in [3.8, 4) is 11.5 Å². The number of carbonyl (C=O) groups is 1. The summed E-state index contributed by atoms with van der Waals surface area (Å²) in [4.78, 5) is 12.9. The highest BCUT2D eigenvalue weighted by molar-refractivity contribution is 7.92. The van der Waals surface area contributed by atoms with E-state index in [0.29, 0.717) is 34.9 Å². The zero-order valence-corrected chi connectivity index (χ0v) is 20.0. The van der Waals surface area contributed by atoms with Gasteiger partial charge in [-0.15, -0.1) is 0 Å². The summed E-state index contributed by atoms with van der Waals surface area (Å²) in [5.41, 5.74) is 2.28.